The quantitative estimate of drug-likeness (QED) is 0.807. The molecular weight excluding hydrogens is 276 g/mol. The Morgan fingerprint density at radius 1 is 1.24 bits per heavy atom. The Labute approximate surface area is 119 Å². The number of aliphatic hydroxyl groups is 1. The Morgan fingerprint density at radius 3 is 2.48 bits per heavy atom. The molecule has 21 heavy (non-hydrogen) atoms. The standard InChI is InChI=1S/C14H12N2O5/c1-14(8-4-2-3-7-15-8)12(20)11(19)13(21-14)16-9(17)5-6-10(16)18/h2-4,7,19H,5-6H2,1H3. The van der Waals surface area contributed by atoms with Gasteiger partial charge in [0.2, 0.25) is 23.2 Å². The minimum Gasteiger partial charge on any atom is -0.501 e. The van der Waals surface area contributed by atoms with E-state index in [4.69, 9.17) is 4.74 Å². The second-order valence-corrected chi connectivity index (χ2v) is 4.96. The van der Waals surface area contributed by atoms with Gasteiger partial charge in [-0.3, -0.25) is 19.4 Å². The first-order chi connectivity index (χ1) is 9.95. The third-order valence-corrected chi connectivity index (χ3v) is 3.56. The third kappa shape index (κ3) is 1.81. The number of nitrogens with zero attached hydrogens (tertiary/aromatic N) is 2. The molecule has 0 aromatic carbocycles. The molecule has 108 valence electrons. The molecule has 3 rings (SSSR count). The normalized spacial score (nSPS) is 25.8. The minimum atomic E-state index is -1.55. The highest BCUT2D eigenvalue weighted by molar-refractivity contribution is 6.07. The van der Waals surface area contributed by atoms with Gasteiger partial charge in [-0.25, -0.2) is 4.90 Å². The molecule has 0 spiro atoms. The lowest BCUT2D eigenvalue weighted by Crippen LogP contribution is -2.34. The summed E-state index contributed by atoms with van der Waals surface area (Å²) in [6.07, 6.45) is 1.55. The van der Waals surface area contributed by atoms with Crippen molar-refractivity contribution in [2.75, 3.05) is 0 Å². The highest BCUT2D eigenvalue weighted by Gasteiger charge is 2.52. The van der Waals surface area contributed by atoms with Crippen molar-refractivity contribution >= 4 is 17.6 Å². The summed E-state index contributed by atoms with van der Waals surface area (Å²) in [6, 6.07) is 4.92. The van der Waals surface area contributed by atoms with Gasteiger partial charge in [-0.05, 0) is 19.1 Å². The van der Waals surface area contributed by atoms with E-state index >= 15 is 0 Å². The molecule has 1 saturated heterocycles. The number of imide groups is 1. The highest BCUT2D eigenvalue weighted by Crippen LogP contribution is 2.39. The first kappa shape index (κ1) is 13.3. The highest BCUT2D eigenvalue weighted by atomic mass is 16.5. The van der Waals surface area contributed by atoms with E-state index in [-0.39, 0.29) is 18.5 Å². The molecule has 0 bridgehead atoms. The fraction of sp³-hybridized carbons (Fsp3) is 0.286. The van der Waals surface area contributed by atoms with E-state index < -0.39 is 34.8 Å². The summed E-state index contributed by atoms with van der Waals surface area (Å²) in [5.41, 5.74) is -1.26. The van der Waals surface area contributed by atoms with Gasteiger partial charge < -0.3 is 9.84 Å². The van der Waals surface area contributed by atoms with Crippen LogP contribution < -0.4 is 0 Å². The molecule has 2 amide bonds. The van der Waals surface area contributed by atoms with Crippen molar-refractivity contribution < 1.29 is 24.2 Å². The predicted octanol–water partition coefficient (Wildman–Crippen LogP) is 0.772. The van der Waals surface area contributed by atoms with Gasteiger partial charge in [-0.2, -0.15) is 0 Å². The largest absolute Gasteiger partial charge is 0.501 e. The van der Waals surface area contributed by atoms with E-state index in [1.54, 1.807) is 18.2 Å². The van der Waals surface area contributed by atoms with E-state index in [0.29, 0.717) is 0 Å². The van der Waals surface area contributed by atoms with Gasteiger partial charge in [0, 0.05) is 19.0 Å². The number of ketones is 1. The van der Waals surface area contributed by atoms with E-state index in [0.717, 1.165) is 4.90 Å². The lowest BCUT2D eigenvalue weighted by molar-refractivity contribution is -0.144. The van der Waals surface area contributed by atoms with E-state index in [1.165, 1.54) is 13.1 Å². The smallest absolute Gasteiger partial charge is 0.252 e. The van der Waals surface area contributed by atoms with Gasteiger partial charge in [0.1, 0.15) is 0 Å². The van der Waals surface area contributed by atoms with Gasteiger partial charge in [-0.15, -0.1) is 0 Å². The van der Waals surface area contributed by atoms with Gasteiger partial charge in [0.25, 0.3) is 11.7 Å². The summed E-state index contributed by atoms with van der Waals surface area (Å²) in [4.78, 5) is 40.5. The first-order valence-corrected chi connectivity index (χ1v) is 6.39. The topological polar surface area (TPSA) is 96.8 Å². The van der Waals surface area contributed by atoms with Crippen molar-refractivity contribution in [3.63, 3.8) is 0 Å². The fourth-order valence-corrected chi connectivity index (χ4v) is 2.38. The molecule has 7 nitrogen and oxygen atoms in total. The molecule has 1 atom stereocenters. The molecule has 1 unspecified atom stereocenters. The summed E-state index contributed by atoms with van der Waals surface area (Å²) in [6.45, 7) is 1.44. The zero-order chi connectivity index (χ0) is 15.2. The number of carbonyl (C=O) groups excluding carboxylic acids is 3. The van der Waals surface area contributed by atoms with Crippen molar-refractivity contribution in [2.45, 2.75) is 25.4 Å². The van der Waals surface area contributed by atoms with Crippen LogP contribution in [-0.4, -0.2) is 32.6 Å². The number of amides is 2. The van der Waals surface area contributed by atoms with Crippen molar-refractivity contribution in [1.82, 2.24) is 9.88 Å². The zero-order valence-electron chi connectivity index (χ0n) is 11.2. The molecular formula is C14H12N2O5. The van der Waals surface area contributed by atoms with Gasteiger partial charge in [0.15, 0.2) is 0 Å². The fourth-order valence-electron chi connectivity index (χ4n) is 2.38. The second-order valence-electron chi connectivity index (χ2n) is 4.96. The number of aromatic nitrogens is 1. The van der Waals surface area contributed by atoms with Crippen LogP contribution in [0.5, 0.6) is 0 Å². The molecule has 2 aliphatic heterocycles. The number of aliphatic hydroxyl groups excluding tert-OH is 1. The zero-order valence-corrected chi connectivity index (χ0v) is 11.2. The predicted molar refractivity (Wildman–Crippen MR) is 68.4 cm³/mol. The van der Waals surface area contributed by atoms with Crippen LogP contribution in [0, 0.1) is 0 Å². The number of rotatable bonds is 2. The van der Waals surface area contributed by atoms with Crippen LogP contribution in [0.1, 0.15) is 25.5 Å². The second kappa shape index (κ2) is 4.41. The van der Waals surface area contributed by atoms with E-state index in [1.807, 2.05) is 0 Å². The molecule has 0 saturated carbocycles. The summed E-state index contributed by atoms with van der Waals surface area (Å²) in [5, 5.41) is 9.98. The van der Waals surface area contributed by atoms with Crippen LogP contribution in [0.3, 0.4) is 0 Å². The van der Waals surface area contributed by atoms with Crippen LogP contribution >= 0.6 is 0 Å². The van der Waals surface area contributed by atoms with Crippen molar-refractivity contribution in [2.24, 2.45) is 0 Å². The number of likely N-dealkylation sites (tertiary alicyclic amines) is 1. The molecule has 2 aliphatic rings. The van der Waals surface area contributed by atoms with Crippen molar-refractivity contribution in [3.8, 4) is 0 Å². The number of hydrogen-bond donors (Lipinski definition) is 1. The monoisotopic (exact) mass is 288 g/mol. The van der Waals surface area contributed by atoms with E-state index in [2.05, 4.69) is 4.98 Å². The van der Waals surface area contributed by atoms with Gasteiger partial charge in [-0.1, -0.05) is 6.07 Å². The SMILES string of the molecule is CC1(c2ccccn2)OC(N2C(=O)CCC2=O)=C(O)C1=O. The molecule has 3 heterocycles. The maximum atomic E-state index is 12.3. The Balaban J connectivity index is 2.01. The number of hydrogen-bond acceptors (Lipinski definition) is 6. The van der Waals surface area contributed by atoms with Gasteiger partial charge in [0.05, 0.1) is 5.69 Å². The first-order valence-electron chi connectivity index (χ1n) is 6.39. The average molecular weight is 288 g/mol. The molecule has 1 aromatic heterocycles. The Morgan fingerprint density at radius 2 is 1.90 bits per heavy atom. The number of ether oxygens (including phenoxy) is 1. The molecule has 1 aromatic rings. The van der Waals surface area contributed by atoms with Crippen LogP contribution in [0.15, 0.2) is 36.0 Å². The molecule has 0 aliphatic carbocycles. The minimum absolute atomic E-state index is 0.0352. The van der Waals surface area contributed by atoms with Crippen LogP contribution in [0.4, 0.5) is 0 Å². The summed E-state index contributed by atoms with van der Waals surface area (Å²) in [5.74, 6) is -2.87. The number of carbonyl (C=O) groups is 3. The molecule has 0 radical (unpaired) electrons. The molecule has 1 N–H and O–H groups in total. The van der Waals surface area contributed by atoms with Crippen LogP contribution in [0.25, 0.3) is 0 Å². The lowest BCUT2D eigenvalue weighted by atomic mass is 9.96. The Kier molecular flexibility index (Phi) is 2.79. The van der Waals surface area contributed by atoms with Crippen LogP contribution in [-0.2, 0) is 24.7 Å². The number of Topliss-reactive ketones (excluding diaryl/α,β-unsaturated/α-hetero) is 1. The summed E-state index contributed by atoms with van der Waals surface area (Å²) in [7, 11) is 0. The molecule has 7 heteroatoms. The maximum absolute atomic E-state index is 12.3. The maximum Gasteiger partial charge on any atom is 0.252 e. The Bertz CT molecular complexity index is 666. The Hall–Kier alpha value is -2.70. The van der Waals surface area contributed by atoms with Crippen LogP contribution in [0.2, 0.25) is 0 Å². The van der Waals surface area contributed by atoms with E-state index in [9.17, 15) is 19.5 Å². The average Bonchev–Trinajstić information content (AvgIpc) is 2.93. The number of pyridine rings is 1. The molecule has 1 fully saturated rings. The summed E-state index contributed by atoms with van der Waals surface area (Å²) >= 11 is 0. The summed E-state index contributed by atoms with van der Waals surface area (Å²) < 4.78 is 5.49. The van der Waals surface area contributed by atoms with Gasteiger partial charge >= 0.3 is 0 Å². The lowest BCUT2D eigenvalue weighted by Gasteiger charge is -2.24. The van der Waals surface area contributed by atoms with Crippen molar-refractivity contribution in [1.29, 1.82) is 0 Å². The van der Waals surface area contributed by atoms with Crippen molar-refractivity contribution in [3.05, 3.63) is 41.7 Å². The third-order valence-electron chi connectivity index (χ3n) is 3.56.